The molecule has 0 spiro atoms. The number of hydrogen-bond donors (Lipinski definition) is 1. The Morgan fingerprint density at radius 3 is 3.04 bits per heavy atom. The molecule has 1 aliphatic carbocycles. The van der Waals surface area contributed by atoms with E-state index in [0.29, 0.717) is 19.0 Å². The van der Waals surface area contributed by atoms with Gasteiger partial charge in [0.2, 0.25) is 5.91 Å². The first-order valence-corrected chi connectivity index (χ1v) is 8.47. The normalized spacial score (nSPS) is 16.6. The average molecular weight is 323 g/mol. The lowest BCUT2D eigenvalue weighted by atomic mass is 9.96. The highest BCUT2D eigenvalue weighted by atomic mass is 16.2. The summed E-state index contributed by atoms with van der Waals surface area (Å²) in [6.45, 7) is 4.07. The molecular weight excluding hydrogens is 302 g/mol. The number of rotatable bonds is 4. The quantitative estimate of drug-likeness (QED) is 0.933. The van der Waals surface area contributed by atoms with Gasteiger partial charge in [0.05, 0.1) is 0 Å². The first-order chi connectivity index (χ1) is 11.7. The minimum Gasteiger partial charge on any atom is -0.366 e. The number of carbonyl (C=O) groups is 1. The van der Waals surface area contributed by atoms with E-state index in [1.807, 2.05) is 30.3 Å². The molecule has 0 unspecified atom stereocenters. The van der Waals surface area contributed by atoms with Crippen molar-refractivity contribution in [3.05, 3.63) is 47.2 Å². The lowest BCUT2D eigenvalue weighted by Gasteiger charge is -2.30. The zero-order valence-corrected chi connectivity index (χ0v) is 13.8. The second-order valence-electron chi connectivity index (χ2n) is 6.56. The molecular formula is C18H21N5O. The van der Waals surface area contributed by atoms with E-state index in [9.17, 15) is 4.79 Å². The molecule has 3 heterocycles. The summed E-state index contributed by atoms with van der Waals surface area (Å²) in [7, 11) is 0. The summed E-state index contributed by atoms with van der Waals surface area (Å²) in [5, 5.41) is 3.34. The zero-order valence-electron chi connectivity index (χ0n) is 13.8. The molecule has 2 aliphatic rings. The number of nitrogens with one attached hydrogen (secondary N) is 1. The van der Waals surface area contributed by atoms with E-state index in [1.165, 1.54) is 16.7 Å². The van der Waals surface area contributed by atoms with Crippen LogP contribution in [-0.4, -0.2) is 32.3 Å². The van der Waals surface area contributed by atoms with Crippen molar-refractivity contribution in [1.29, 1.82) is 0 Å². The molecule has 0 radical (unpaired) electrons. The molecule has 2 aromatic heterocycles. The van der Waals surface area contributed by atoms with Gasteiger partial charge in [-0.15, -0.1) is 0 Å². The standard InChI is InChI=1S/C18H21N5O/c1-12-20-6-4-17(22-12)21-10-14-8-19-9-15-11-23(7-5-16(14)15)18(24)13-2-3-13/h4,6,8-9,13H,2-3,5,7,10-11H2,1H3,(H,20,21,22). The number of fused-ring (bicyclic) bond motifs is 1. The topological polar surface area (TPSA) is 71.0 Å². The van der Waals surface area contributed by atoms with Crippen LogP contribution >= 0.6 is 0 Å². The summed E-state index contributed by atoms with van der Waals surface area (Å²) in [5.74, 6) is 2.18. The van der Waals surface area contributed by atoms with Gasteiger partial charge in [-0.2, -0.15) is 0 Å². The molecule has 1 saturated carbocycles. The Labute approximate surface area is 141 Å². The van der Waals surface area contributed by atoms with Gasteiger partial charge >= 0.3 is 0 Å². The van der Waals surface area contributed by atoms with Crippen molar-refractivity contribution < 1.29 is 4.79 Å². The number of aryl methyl sites for hydroxylation is 1. The Hall–Kier alpha value is -2.50. The van der Waals surface area contributed by atoms with Crippen LogP contribution in [0.4, 0.5) is 5.82 Å². The van der Waals surface area contributed by atoms with E-state index in [4.69, 9.17) is 0 Å². The van der Waals surface area contributed by atoms with Crippen molar-refractivity contribution in [3.8, 4) is 0 Å². The number of anilines is 1. The Morgan fingerprint density at radius 1 is 1.38 bits per heavy atom. The largest absolute Gasteiger partial charge is 0.366 e. The van der Waals surface area contributed by atoms with E-state index in [1.54, 1.807) is 6.20 Å². The first kappa shape index (κ1) is 15.1. The van der Waals surface area contributed by atoms with Crippen molar-refractivity contribution in [3.63, 3.8) is 0 Å². The summed E-state index contributed by atoms with van der Waals surface area (Å²) >= 11 is 0. The molecule has 6 nitrogen and oxygen atoms in total. The summed E-state index contributed by atoms with van der Waals surface area (Å²) in [6, 6.07) is 1.87. The highest BCUT2D eigenvalue weighted by Crippen LogP contribution is 2.33. The number of carbonyl (C=O) groups excluding carboxylic acids is 1. The van der Waals surface area contributed by atoms with Gasteiger partial charge in [-0.3, -0.25) is 9.78 Å². The number of hydrogen-bond acceptors (Lipinski definition) is 5. The molecule has 1 N–H and O–H groups in total. The molecule has 0 bridgehead atoms. The summed E-state index contributed by atoms with van der Waals surface area (Å²) < 4.78 is 0. The number of pyridine rings is 1. The van der Waals surface area contributed by atoms with Gasteiger partial charge in [0.1, 0.15) is 11.6 Å². The summed E-state index contributed by atoms with van der Waals surface area (Å²) in [5.41, 5.74) is 3.68. The van der Waals surface area contributed by atoms with Crippen LogP contribution in [0.3, 0.4) is 0 Å². The molecule has 4 rings (SSSR count). The highest BCUT2D eigenvalue weighted by Gasteiger charge is 2.34. The summed E-state index contributed by atoms with van der Waals surface area (Å²) in [4.78, 5) is 27.1. The van der Waals surface area contributed by atoms with Crippen LogP contribution in [-0.2, 0) is 24.3 Å². The van der Waals surface area contributed by atoms with E-state index in [2.05, 4.69) is 20.3 Å². The Bertz CT molecular complexity index is 772. The maximum Gasteiger partial charge on any atom is 0.225 e. The minimum atomic E-state index is 0.283. The SMILES string of the molecule is Cc1nccc(NCc2cncc3c2CCN(C(=O)C2CC2)C3)n1. The fraction of sp³-hybridized carbons (Fsp3) is 0.444. The lowest BCUT2D eigenvalue weighted by molar-refractivity contribution is -0.133. The van der Waals surface area contributed by atoms with Gasteiger partial charge in [-0.25, -0.2) is 9.97 Å². The van der Waals surface area contributed by atoms with Crippen LogP contribution in [0.15, 0.2) is 24.7 Å². The maximum atomic E-state index is 12.3. The molecule has 1 amide bonds. The number of aromatic nitrogens is 3. The summed E-state index contributed by atoms with van der Waals surface area (Å²) in [6.07, 6.45) is 8.59. The van der Waals surface area contributed by atoms with Crippen LogP contribution in [0.2, 0.25) is 0 Å². The molecule has 2 aromatic rings. The van der Waals surface area contributed by atoms with Gasteiger partial charge < -0.3 is 10.2 Å². The second kappa shape index (κ2) is 6.19. The Morgan fingerprint density at radius 2 is 2.25 bits per heavy atom. The molecule has 0 aromatic carbocycles. The third-order valence-electron chi connectivity index (χ3n) is 4.70. The lowest BCUT2D eigenvalue weighted by Crippen LogP contribution is -2.37. The van der Waals surface area contributed by atoms with E-state index in [0.717, 1.165) is 37.4 Å². The van der Waals surface area contributed by atoms with Crippen molar-refractivity contribution in [1.82, 2.24) is 19.9 Å². The monoisotopic (exact) mass is 323 g/mol. The van der Waals surface area contributed by atoms with Gasteiger partial charge in [0.25, 0.3) is 0 Å². The van der Waals surface area contributed by atoms with Crippen LogP contribution < -0.4 is 5.32 Å². The number of amides is 1. The third-order valence-corrected chi connectivity index (χ3v) is 4.70. The molecule has 124 valence electrons. The van der Waals surface area contributed by atoms with Gasteiger partial charge in [-0.1, -0.05) is 0 Å². The Balaban J connectivity index is 1.48. The van der Waals surface area contributed by atoms with Crippen molar-refractivity contribution in [2.24, 2.45) is 5.92 Å². The van der Waals surface area contributed by atoms with Crippen molar-refractivity contribution in [2.75, 3.05) is 11.9 Å². The maximum absolute atomic E-state index is 12.3. The van der Waals surface area contributed by atoms with Gasteiger partial charge in [-0.05, 0) is 48.9 Å². The molecule has 1 fully saturated rings. The fourth-order valence-corrected chi connectivity index (χ4v) is 3.24. The van der Waals surface area contributed by atoms with E-state index < -0.39 is 0 Å². The van der Waals surface area contributed by atoms with Crippen molar-refractivity contribution in [2.45, 2.75) is 39.3 Å². The predicted octanol–water partition coefficient (Wildman–Crippen LogP) is 2.09. The number of nitrogens with zero attached hydrogens (tertiary/aromatic N) is 4. The van der Waals surface area contributed by atoms with Crippen LogP contribution in [0.25, 0.3) is 0 Å². The fourth-order valence-electron chi connectivity index (χ4n) is 3.24. The van der Waals surface area contributed by atoms with E-state index in [-0.39, 0.29) is 5.92 Å². The smallest absolute Gasteiger partial charge is 0.225 e. The average Bonchev–Trinajstić information content (AvgIpc) is 3.44. The predicted molar refractivity (Wildman–Crippen MR) is 90.2 cm³/mol. The zero-order chi connectivity index (χ0) is 16.5. The van der Waals surface area contributed by atoms with Gasteiger partial charge in [0.15, 0.2) is 0 Å². The van der Waals surface area contributed by atoms with Crippen molar-refractivity contribution >= 4 is 11.7 Å². The molecule has 0 atom stereocenters. The van der Waals surface area contributed by atoms with Gasteiger partial charge in [0, 0.05) is 44.1 Å². The molecule has 0 saturated heterocycles. The Kier molecular flexibility index (Phi) is 3.88. The van der Waals surface area contributed by atoms with Crippen LogP contribution in [0.5, 0.6) is 0 Å². The molecule has 6 heteroatoms. The highest BCUT2D eigenvalue weighted by molar-refractivity contribution is 5.81. The second-order valence-corrected chi connectivity index (χ2v) is 6.56. The molecule has 24 heavy (non-hydrogen) atoms. The van der Waals surface area contributed by atoms with Crippen LogP contribution in [0.1, 0.15) is 35.4 Å². The minimum absolute atomic E-state index is 0.283. The van der Waals surface area contributed by atoms with Crippen LogP contribution in [0, 0.1) is 12.8 Å². The molecule has 1 aliphatic heterocycles. The first-order valence-electron chi connectivity index (χ1n) is 8.47. The third kappa shape index (κ3) is 3.09. The van der Waals surface area contributed by atoms with E-state index >= 15 is 0 Å².